The summed E-state index contributed by atoms with van der Waals surface area (Å²) >= 11 is -0.0677. The molecule has 0 radical (unpaired) electrons. The van der Waals surface area contributed by atoms with Crippen LogP contribution < -0.4 is 0 Å². The maximum atomic E-state index is 4.97. The van der Waals surface area contributed by atoms with E-state index in [0.717, 1.165) is 0 Å². The van der Waals surface area contributed by atoms with E-state index in [9.17, 15) is 0 Å². The van der Waals surface area contributed by atoms with Crippen molar-refractivity contribution in [3.8, 4) is 10.4 Å². The molecular formula is C10H11Cl3STi. The molecule has 0 aromatic rings. The third-order valence-corrected chi connectivity index (χ3v) is 3.57. The van der Waals surface area contributed by atoms with Crippen molar-refractivity contribution >= 4 is 39.3 Å². The Morgan fingerprint density at radius 2 is 1.60 bits per heavy atom. The molecule has 0 unspecified atom stereocenters. The Hall–Kier alpha value is 0.894. The fourth-order valence-electron chi connectivity index (χ4n) is 1.55. The molecule has 15 heavy (non-hydrogen) atoms. The second-order valence-electron chi connectivity index (χ2n) is 3.25. The summed E-state index contributed by atoms with van der Waals surface area (Å²) in [5.74, 6) is 0. The van der Waals surface area contributed by atoms with Crippen LogP contribution in [-0.2, 0) is 14.7 Å². The molecule has 1 aliphatic carbocycles. The van der Waals surface area contributed by atoms with Crippen LogP contribution in [0.1, 0.15) is 16.7 Å². The molecule has 0 amide bonds. The number of thiophene rings is 1. The van der Waals surface area contributed by atoms with Crippen LogP contribution in [0.25, 0.3) is 10.4 Å². The summed E-state index contributed by atoms with van der Waals surface area (Å²) in [5, 5.41) is 2.17. The van der Waals surface area contributed by atoms with E-state index < -0.39 is 14.7 Å². The summed E-state index contributed by atoms with van der Waals surface area (Å²) in [7, 11) is 14.9. The molecule has 0 saturated heterocycles. The molecule has 0 N–H and O–H groups in total. The number of hydrogen-bond acceptors (Lipinski definition) is 1. The monoisotopic (exact) mass is 316 g/mol. The Kier molecular flexibility index (Phi) is 5.58. The Morgan fingerprint density at radius 1 is 1.07 bits per heavy atom. The van der Waals surface area contributed by atoms with Crippen molar-refractivity contribution in [1.82, 2.24) is 0 Å². The summed E-state index contributed by atoms with van der Waals surface area (Å²) in [4.78, 5) is 1.47. The zero-order chi connectivity index (χ0) is 11.6. The zero-order valence-electron chi connectivity index (χ0n) is 8.70. The molecule has 0 saturated carbocycles. The van der Waals surface area contributed by atoms with Crippen LogP contribution in [0.15, 0.2) is 11.4 Å². The normalized spacial score (nSPS) is 10.0. The SMILES string of the molecule is Cc1c2c[cH-]sc-2c(C)c1C.[Cl][Ti+]([Cl])[Cl]. The van der Waals surface area contributed by atoms with Gasteiger partial charge in [-0.25, -0.2) is 0 Å². The number of rotatable bonds is 0. The minimum absolute atomic E-state index is 1.45. The van der Waals surface area contributed by atoms with Crippen LogP contribution in [-0.4, -0.2) is 0 Å². The number of halogens is 3. The first kappa shape index (κ1) is 14.0. The van der Waals surface area contributed by atoms with Crippen molar-refractivity contribution < 1.29 is 14.7 Å². The molecule has 0 atom stereocenters. The third kappa shape index (κ3) is 3.42. The van der Waals surface area contributed by atoms with Gasteiger partial charge < -0.3 is 0 Å². The second-order valence-corrected chi connectivity index (χ2v) is 11.9. The molecule has 2 rings (SSSR count). The van der Waals surface area contributed by atoms with Crippen molar-refractivity contribution in [2.24, 2.45) is 0 Å². The van der Waals surface area contributed by atoms with Crippen LogP contribution in [0.2, 0.25) is 0 Å². The minimum atomic E-state index is -1.92. The van der Waals surface area contributed by atoms with E-state index in [1.165, 1.54) is 27.1 Å². The molecule has 82 valence electrons. The Labute approximate surface area is 112 Å². The standard InChI is InChI=1S/C10H11S.3ClH.Ti/c1-6-7(2)9-4-5-11-10(9)8(6)3;;;;/h4-5H,1-3H3;3*1H;/q-1;;;;+4/p-3. The Morgan fingerprint density at radius 3 is 2.07 bits per heavy atom. The van der Waals surface area contributed by atoms with Crippen molar-refractivity contribution in [2.75, 3.05) is 0 Å². The quantitative estimate of drug-likeness (QED) is 0.440. The van der Waals surface area contributed by atoms with E-state index in [0.29, 0.717) is 0 Å². The summed E-state index contributed by atoms with van der Waals surface area (Å²) in [6, 6.07) is 2.22. The van der Waals surface area contributed by atoms with Crippen molar-refractivity contribution in [3.05, 3.63) is 28.1 Å². The number of fused-ring (bicyclic) bond motifs is 1. The van der Waals surface area contributed by atoms with Crippen LogP contribution in [0.5, 0.6) is 0 Å². The molecule has 1 heterocycles. The summed E-state index contributed by atoms with van der Waals surface area (Å²) in [6.45, 7) is 6.62. The van der Waals surface area contributed by atoms with Crippen LogP contribution in [0, 0.1) is 20.8 Å². The van der Waals surface area contributed by atoms with E-state index in [-0.39, 0.29) is 0 Å². The summed E-state index contributed by atoms with van der Waals surface area (Å²) < 4.78 is 0. The van der Waals surface area contributed by atoms with Crippen LogP contribution >= 0.6 is 39.3 Å². The van der Waals surface area contributed by atoms with Crippen molar-refractivity contribution in [2.45, 2.75) is 20.8 Å². The Balaban J connectivity index is 0.000000245. The van der Waals surface area contributed by atoms with Gasteiger partial charge >= 0.3 is 42.6 Å². The Bertz CT molecular complexity index is 371. The van der Waals surface area contributed by atoms with E-state index in [2.05, 4.69) is 32.2 Å². The van der Waals surface area contributed by atoms with Gasteiger partial charge in [-0.15, -0.1) is 15.8 Å². The third-order valence-electron chi connectivity index (χ3n) is 2.53. The maximum absolute atomic E-state index is 4.97. The molecular weight excluding hydrogens is 306 g/mol. The summed E-state index contributed by atoms with van der Waals surface area (Å²) in [5.41, 5.74) is 5.84. The first-order chi connectivity index (χ1) is 6.95. The van der Waals surface area contributed by atoms with Crippen molar-refractivity contribution in [1.29, 1.82) is 0 Å². The first-order valence-corrected chi connectivity index (χ1v) is 11.7. The molecule has 2 aliphatic rings. The van der Waals surface area contributed by atoms with Crippen LogP contribution in [0.4, 0.5) is 0 Å². The molecule has 0 aromatic heterocycles. The van der Waals surface area contributed by atoms with Gasteiger partial charge in [0.1, 0.15) is 0 Å². The fraction of sp³-hybridized carbons (Fsp3) is 0.300. The van der Waals surface area contributed by atoms with E-state index >= 15 is 0 Å². The van der Waals surface area contributed by atoms with E-state index in [1.54, 1.807) is 0 Å². The molecule has 0 nitrogen and oxygen atoms in total. The second kappa shape index (κ2) is 6.00. The van der Waals surface area contributed by atoms with Crippen molar-refractivity contribution in [3.63, 3.8) is 0 Å². The predicted molar refractivity (Wildman–Crippen MR) is 68.3 cm³/mol. The average Bonchev–Trinajstić information content (AvgIpc) is 2.67. The molecule has 5 heteroatoms. The van der Waals surface area contributed by atoms with Gasteiger partial charge in [-0.3, -0.25) is 11.3 Å². The van der Waals surface area contributed by atoms with Gasteiger partial charge in [0.05, 0.1) is 0 Å². The molecule has 0 aromatic carbocycles. The molecule has 1 aliphatic heterocycles. The molecule has 0 fully saturated rings. The summed E-state index contributed by atoms with van der Waals surface area (Å²) in [6.07, 6.45) is 0. The zero-order valence-corrected chi connectivity index (χ0v) is 13.3. The van der Waals surface area contributed by atoms with Gasteiger partial charge in [0.25, 0.3) is 0 Å². The van der Waals surface area contributed by atoms with Gasteiger partial charge in [0.2, 0.25) is 0 Å². The van der Waals surface area contributed by atoms with Gasteiger partial charge in [-0.2, -0.15) is 11.6 Å². The van der Waals surface area contributed by atoms with Gasteiger partial charge in [0.15, 0.2) is 0 Å². The average molecular weight is 317 g/mol. The first-order valence-electron chi connectivity index (χ1n) is 4.38. The molecule has 0 spiro atoms. The van der Waals surface area contributed by atoms with Gasteiger partial charge in [0, 0.05) is 0 Å². The topological polar surface area (TPSA) is 0 Å². The van der Waals surface area contributed by atoms with E-state index in [1.807, 2.05) is 11.3 Å². The van der Waals surface area contributed by atoms with Gasteiger partial charge in [-0.1, -0.05) is 25.0 Å². The molecule has 0 bridgehead atoms. The fourth-order valence-corrected chi connectivity index (χ4v) is 2.57. The van der Waals surface area contributed by atoms with Crippen LogP contribution in [0.3, 0.4) is 0 Å². The predicted octanol–water partition coefficient (Wildman–Crippen LogP) is 5.56. The van der Waals surface area contributed by atoms with Gasteiger partial charge in [-0.05, 0) is 6.92 Å². The number of hydrogen-bond donors (Lipinski definition) is 0. The van der Waals surface area contributed by atoms with E-state index in [4.69, 9.17) is 27.9 Å².